The van der Waals surface area contributed by atoms with E-state index in [1.807, 2.05) is 23.1 Å². The quantitative estimate of drug-likeness (QED) is 0.923. The van der Waals surface area contributed by atoms with Gasteiger partial charge in [-0.25, -0.2) is 0 Å². The van der Waals surface area contributed by atoms with Crippen LogP contribution in [0.15, 0.2) is 24.3 Å². The van der Waals surface area contributed by atoms with Crippen molar-refractivity contribution in [2.24, 2.45) is 11.7 Å². The maximum atomic E-state index is 12.3. The van der Waals surface area contributed by atoms with Crippen LogP contribution in [0, 0.1) is 12.8 Å². The molecule has 1 amide bonds. The lowest BCUT2D eigenvalue weighted by Gasteiger charge is -2.32. The number of rotatable bonds is 3. The highest BCUT2D eigenvalue weighted by Crippen LogP contribution is 2.17. The molecule has 0 aliphatic carbocycles. The molecule has 0 aromatic heterocycles. The standard InChI is InChI=1S/C15H22N2O.ClH/c1-12-5-2-3-7-14(12)9-15(18)17-8-4-6-13(10-16)11-17;/h2-3,5,7,13H,4,6,8-11,16H2,1H3;1H. The zero-order valence-corrected chi connectivity index (χ0v) is 12.3. The van der Waals surface area contributed by atoms with Gasteiger partial charge in [0.1, 0.15) is 0 Å². The van der Waals surface area contributed by atoms with E-state index in [0.717, 1.165) is 31.5 Å². The molecule has 2 N–H and O–H groups in total. The Balaban J connectivity index is 0.00000180. The normalized spacial score (nSPS) is 18.8. The fourth-order valence-corrected chi connectivity index (χ4v) is 2.57. The number of halogens is 1. The van der Waals surface area contributed by atoms with Crippen LogP contribution < -0.4 is 5.73 Å². The van der Waals surface area contributed by atoms with Crippen LogP contribution in [0.5, 0.6) is 0 Å². The molecule has 0 saturated carbocycles. The number of piperidine rings is 1. The maximum Gasteiger partial charge on any atom is 0.227 e. The Morgan fingerprint density at radius 3 is 2.84 bits per heavy atom. The molecule has 2 rings (SSSR count). The minimum Gasteiger partial charge on any atom is -0.342 e. The van der Waals surface area contributed by atoms with Crippen LogP contribution in [0.2, 0.25) is 0 Å². The van der Waals surface area contributed by atoms with Gasteiger partial charge in [-0.2, -0.15) is 0 Å². The predicted molar refractivity (Wildman–Crippen MR) is 80.5 cm³/mol. The summed E-state index contributed by atoms with van der Waals surface area (Å²) < 4.78 is 0. The Hall–Kier alpha value is -1.06. The summed E-state index contributed by atoms with van der Waals surface area (Å²) in [7, 11) is 0. The van der Waals surface area contributed by atoms with E-state index in [-0.39, 0.29) is 18.3 Å². The third-order valence-electron chi connectivity index (χ3n) is 3.81. The summed E-state index contributed by atoms with van der Waals surface area (Å²) in [5, 5.41) is 0. The summed E-state index contributed by atoms with van der Waals surface area (Å²) in [4.78, 5) is 14.2. The Bertz CT molecular complexity index is 422. The van der Waals surface area contributed by atoms with Gasteiger partial charge in [-0.15, -0.1) is 12.4 Å². The zero-order chi connectivity index (χ0) is 13.0. The van der Waals surface area contributed by atoms with Gasteiger partial charge in [-0.3, -0.25) is 4.79 Å². The van der Waals surface area contributed by atoms with Gasteiger partial charge in [0.25, 0.3) is 0 Å². The second kappa shape index (κ2) is 7.51. The molecule has 0 bridgehead atoms. The molecule has 1 heterocycles. The summed E-state index contributed by atoms with van der Waals surface area (Å²) in [5.74, 6) is 0.724. The molecule has 0 radical (unpaired) electrons. The number of aryl methyl sites for hydroxylation is 1. The maximum absolute atomic E-state index is 12.3. The predicted octanol–water partition coefficient (Wildman–Crippen LogP) is 2.16. The fourth-order valence-electron chi connectivity index (χ4n) is 2.57. The van der Waals surface area contributed by atoms with Crippen molar-refractivity contribution in [3.05, 3.63) is 35.4 Å². The average Bonchev–Trinajstić information content (AvgIpc) is 2.41. The molecule has 1 unspecified atom stereocenters. The number of nitrogens with two attached hydrogens (primary N) is 1. The molecule has 1 aromatic carbocycles. The molecule has 19 heavy (non-hydrogen) atoms. The van der Waals surface area contributed by atoms with E-state index >= 15 is 0 Å². The molecule has 3 nitrogen and oxygen atoms in total. The highest BCUT2D eigenvalue weighted by Gasteiger charge is 2.22. The van der Waals surface area contributed by atoms with E-state index in [1.165, 1.54) is 5.56 Å². The molecule has 1 aliphatic heterocycles. The number of nitrogens with zero attached hydrogens (tertiary/aromatic N) is 1. The lowest BCUT2D eigenvalue weighted by atomic mass is 9.97. The molecule has 1 aliphatic rings. The van der Waals surface area contributed by atoms with Gasteiger partial charge in [-0.1, -0.05) is 24.3 Å². The van der Waals surface area contributed by atoms with E-state index in [9.17, 15) is 4.79 Å². The van der Waals surface area contributed by atoms with Crippen molar-refractivity contribution in [2.45, 2.75) is 26.2 Å². The average molecular weight is 283 g/mol. The summed E-state index contributed by atoms with van der Waals surface area (Å²) in [5.41, 5.74) is 8.03. The van der Waals surface area contributed by atoms with Crippen LogP contribution in [0.1, 0.15) is 24.0 Å². The van der Waals surface area contributed by atoms with Crippen LogP contribution in [-0.4, -0.2) is 30.4 Å². The number of hydrogen-bond donors (Lipinski definition) is 1. The van der Waals surface area contributed by atoms with Crippen LogP contribution in [0.25, 0.3) is 0 Å². The smallest absolute Gasteiger partial charge is 0.227 e. The van der Waals surface area contributed by atoms with Gasteiger partial charge in [0, 0.05) is 13.1 Å². The topological polar surface area (TPSA) is 46.3 Å². The summed E-state index contributed by atoms with van der Waals surface area (Å²) in [6, 6.07) is 8.10. The highest BCUT2D eigenvalue weighted by atomic mass is 35.5. The largest absolute Gasteiger partial charge is 0.342 e. The van der Waals surface area contributed by atoms with Gasteiger partial charge >= 0.3 is 0 Å². The van der Waals surface area contributed by atoms with Crippen molar-refractivity contribution in [3.63, 3.8) is 0 Å². The lowest BCUT2D eigenvalue weighted by Crippen LogP contribution is -2.42. The molecule has 106 valence electrons. The van der Waals surface area contributed by atoms with Gasteiger partial charge < -0.3 is 10.6 Å². The van der Waals surface area contributed by atoms with Crippen molar-refractivity contribution < 1.29 is 4.79 Å². The first-order chi connectivity index (χ1) is 8.70. The number of carbonyl (C=O) groups is 1. The van der Waals surface area contributed by atoms with Gasteiger partial charge in [0.05, 0.1) is 6.42 Å². The zero-order valence-electron chi connectivity index (χ0n) is 11.5. The number of hydrogen-bond acceptors (Lipinski definition) is 2. The summed E-state index contributed by atoms with van der Waals surface area (Å²) >= 11 is 0. The first kappa shape index (κ1) is 16.0. The number of likely N-dealkylation sites (tertiary alicyclic amines) is 1. The highest BCUT2D eigenvalue weighted by molar-refractivity contribution is 5.85. The Morgan fingerprint density at radius 2 is 2.16 bits per heavy atom. The van der Waals surface area contributed by atoms with E-state index in [2.05, 4.69) is 13.0 Å². The van der Waals surface area contributed by atoms with Crippen molar-refractivity contribution in [3.8, 4) is 0 Å². The van der Waals surface area contributed by atoms with E-state index in [0.29, 0.717) is 18.9 Å². The Morgan fingerprint density at radius 1 is 1.42 bits per heavy atom. The Labute approximate surface area is 121 Å². The monoisotopic (exact) mass is 282 g/mol. The van der Waals surface area contributed by atoms with E-state index in [4.69, 9.17) is 5.73 Å². The van der Waals surface area contributed by atoms with Crippen molar-refractivity contribution in [2.75, 3.05) is 19.6 Å². The number of benzene rings is 1. The third kappa shape index (κ3) is 4.22. The lowest BCUT2D eigenvalue weighted by molar-refractivity contribution is -0.132. The molecule has 0 spiro atoms. The first-order valence-corrected chi connectivity index (χ1v) is 6.73. The third-order valence-corrected chi connectivity index (χ3v) is 3.81. The number of carbonyl (C=O) groups excluding carboxylic acids is 1. The van der Waals surface area contributed by atoms with E-state index < -0.39 is 0 Å². The summed E-state index contributed by atoms with van der Waals surface area (Å²) in [6.45, 7) is 4.47. The van der Waals surface area contributed by atoms with Crippen LogP contribution >= 0.6 is 12.4 Å². The minimum absolute atomic E-state index is 0. The SMILES string of the molecule is Cc1ccccc1CC(=O)N1CCCC(CN)C1.Cl. The Kier molecular flexibility index (Phi) is 6.32. The fraction of sp³-hybridized carbons (Fsp3) is 0.533. The minimum atomic E-state index is 0. The van der Waals surface area contributed by atoms with Crippen molar-refractivity contribution in [1.29, 1.82) is 0 Å². The van der Waals surface area contributed by atoms with Gasteiger partial charge in [0.2, 0.25) is 5.91 Å². The second-order valence-corrected chi connectivity index (χ2v) is 5.19. The van der Waals surface area contributed by atoms with Crippen LogP contribution in [0.3, 0.4) is 0 Å². The number of amides is 1. The van der Waals surface area contributed by atoms with Gasteiger partial charge in [-0.05, 0) is 43.4 Å². The first-order valence-electron chi connectivity index (χ1n) is 6.73. The molecule has 1 saturated heterocycles. The molecule has 1 fully saturated rings. The summed E-state index contributed by atoms with van der Waals surface area (Å²) in [6.07, 6.45) is 2.76. The molecular weight excluding hydrogens is 260 g/mol. The van der Waals surface area contributed by atoms with Crippen LogP contribution in [0.4, 0.5) is 0 Å². The van der Waals surface area contributed by atoms with Crippen molar-refractivity contribution >= 4 is 18.3 Å². The van der Waals surface area contributed by atoms with Gasteiger partial charge in [0.15, 0.2) is 0 Å². The molecular formula is C15H23ClN2O. The molecule has 1 atom stereocenters. The second-order valence-electron chi connectivity index (χ2n) is 5.19. The van der Waals surface area contributed by atoms with Crippen LogP contribution in [-0.2, 0) is 11.2 Å². The van der Waals surface area contributed by atoms with Crippen molar-refractivity contribution in [1.82, 2.24) is 4.90 Å². The molecule has 4 heteroatoms. The van der Waals surface area contributed by atoms with E-state index in [1.54, 1.807) is 0 Å². The molecule has 1 aromatic rings.